The first-order chi connectivity index (χ1) is 15.3. The molecule has 2 N–H and O–H groups in total. The summed E-state index contributed by atoms with van der Waals surface area (Å²) in [6.45, 7) is 10.5. The molecule has 32 heavy (non-hydrogen) atoms. The lowest BCUT2D eigenvalue weighted by molar-refractivity contribution is -0.122. The molecule has 174 valence electrons. The normalized spacial score (nSPS) is 11.8. The second-order valence-electron chi connectivity index (χ2n) is 9.08. The van der Waals surface area contributed by atoms with Crippen molar-refractivity contribution in [2.75, 3.05) is 38.7 Å². The highest BCUT2D eigenvalue weighted by molar-refractivity contribution is 5.84. The van der Waals surface area contributed by atoms with E-state index in [2.05, 4.69) is 41.6 Å². The molecule has 0 aliphatic heterocycles. The molecule has 0 radical (unpaired) electrons. The molecule has 0 saturated heterocycles. The summed E-state index contributed by atoms with van der Waals surface area (Å²) in [5, 5.41) is 14.9. The fourth-order valence-electron chi connectivity index (χ4n) is 3.44. The van der Waals surface area contributed by atoms with Gasteiger partial charge in [-0.3, -0.25) is 9.20 Å². The summed E-state index contributed by atoms with van der Waals surface area (Å²) >= 11 is 0. The quantitative estimate of drug-likeness (QED) is 0.439. The van der Waals surface area contributed by atoms with Crippen molar-refractivity contribution in [1.82, 2.24) is 24.9 Å². The summed E-state index contributed by atoms with van der Waals surface area (Å²) in [6, 6.07) is 5.80. The van der Waals surface area contributed by atoms with Gasteiger partial charge in [-0.1, -0.05) is 20.8 Å². The maximum absolute atomic E-state index is 11.9. The summed E-state index contributed by atoms with van der Waals surface area (Å²) in [5.74, 6) is 2.32. The van der Waals surface area contributed by atoms with Crippen LogP contribution in [0.4, 0.5) is 5.82 Å². The van der Waals surface area contributed by atoms with Gasteiger partial charge < -0.3 is 20.1 Å². The van der Waals surface area contributed by atoms with Gasteiger partial charge in [0.25, 0.3) is 0 Å². The van der Waals surface area contributed by atoms with E-state index >= 15 is 0 Å². The number of nitrogens with one attached hydrogen (secondary N) is 2. The first kappa shape index (κ1) is 23.7. The van der Waals surface area contributed by atoms with Crippen molar-refractivity contribution in [2.45, 2.75) is 47.0 Å². The lowest BCUT2D eigenvalue weighted by atomic mass is 9.92. The van der Waals surface area contributed by atoms with E-state index in [1.54, 1.807) is 7.11 Å². The fraction of sp³-hybridized carbons (Fsp3) is 0.565. The lowest BCUT2D eigenvalue weighted by Crippen LogP contribution is -2.28. The minimum atomic E-state index is 0.00379. The molecule has 0 fully saturated rings. The fourth-order valence-corrected chi connectivity index (χ4v) is 3.44. The number of unbranched alkanes of at least 4 members (excludes halogenated alkanes) is 1. The molecule has 0 spiro atoms. The number of carbonyl (C=O) groups excluding carboxylic acids is 1. The van der Waals surface area contributed by atoms with Crippen LogP contribution in [-0.2, 0) is 9.53 Å². The third-order valence-electron chi connectivity index (χ3n) is 4.92. The summed E-state index contributed by atoms with van der Waals surface area (Å²) in [6.07, 6.45) is 2.32. The largest absolute Gasteiger partial charge is 0.491 e. The second-order valence-corrected chi connectivity index (χ2v) is 9.08. The number of anilines is 1. The van der Waals surface area contributed by atoms with Crippen molar-refractivity contribution in [1.29, 1.82) is 0 Å². The Kier molecular flexibility index (Phi) is 7.84. The number of methoxy groups -OCH3 is 1. The van der Waals surface area contributed by atoms with Crippen LogP contribution >= 0.6 is 0 Å². The van der Waals surface area contributed by atoms with Crippen LogP contribution in [0.5, 0.6) is 5.75 Å². The Balaban J connectivity index is 1.63. The molecule has 0 aliphatic rings. The van der Waals surface area contributed by atoms with Gasteiger partial charge in [-0.05, 0) is 37.3 Å². The van der Waals surface area contributed by atoms with Crippen molar-refractivity contribution in [3.05, 3.63) is 24.0 Å². The van der Waals surface area contributed by atoms with E-state index in [1.165, 1.54) is 0 Å². The van der Waals surface area contributed by atoms with Crippen molar-refractivity contribution in [3.63, 3.8) is 0 Å². The van der Waals surface area contributed by atoms with Gasteiger partial charge in [0, 0.05) is 32.7 Å². The SMILES string of the molecule is COCCOc1ccc2c(c1)nc(NCCCCNC(=O)CC(C)(C)C)c1nnc(C)n12. The number of hydrogen-bond donors (Lipinski definition) is 2. The Labute approximate surface area is 188 Å². The van der Waals surface area contributed by atoms with Crippen LogP contribution in [0.3, 0.4) is 0 Å². The average molecular weight is 443 g/mol. The Hall–Kier alpha value is -2.94. The molecule has 2 heterocycles. The highest BCUT2D eigenvalue weighted by Gasteiger charge is 2.16. The number of fused-ring (bicyclic) bond motifs is 3. The van der Waals surface area contributed by atoms with E-state index in [-0.39, 0.29) is 11.3 Å². The molecule has 1 amide bonds. The molecule has 3 rings (SSSR count). The molecule has 9 nitrogen and oxygen atoms in total. The zero-order valence-corrected chi connectivity index (χ0v) is 19.7. The highest BCUT2D eigenvalue weighted by Crippen LogP contribution is 2.25. The predicted molar refractivity (Wildman–Crippen MR) is 125 cm³/mol. The number of hydrogen-bond acceptors (Lipinski definition) is 7. The zero-order chi connectivity index (χ0) is 23.1. The summed E-state index contributed by atoms with van der Waals surface area (Å²) in [4.78, 5) is 16.7. The van der Waals surface area contributed by atoms with Crippen molar-refractivity contribution in [3.8, 4) is 5.75 Å². The van der Waals surface area contributed by atoms with Crippen molar-refractivity contribution >= 4 is 28.4 Å². The Bertz CT molecular complexity index is 1060. The Morgan fingerprint density at radius 3 is 2.66 bits per heavy atom. The summed E-state index contributed by atoms with van der Waals surface area (Å²) < 4.78 is 12.8. The van der Waals surface area contributed by atoms with E-state index in [1.807, 2.05) is 29.5 Å². The molecule has 0 saturated carbocycles. The van der Waals surface area contributed by atoms with Crippen molar-refractivity contribution < 1.29 is 14.3 Å². The average Bonchev–Trinajstić information content (AvgIpc) is 3.11. The van der Waals surface area contributed by atoms with E-state index in [0.29, 0.717) is 37.6 Å². The lowest BCUT2D eigenvalue weighted by Gasteiger charge is -2.17. The number of benzene rings is 1. The minimum absolute atomic E-state index is 0.00379. The van der Waals surface area contributed by atoms with Crippen LogP contribution in [0.15, 0.2) is 18.2 Å². The standard InChI is InChI=1S/C23H34N6O3/c1-16-27-28-22-21(25-11-7-6-10-24-20(30)15-23(2,3)4)26-18-14-17(32-13-12-31-5)8-9-19(18)29(16)22/h8-9,14H,6-7,10-13,15H2,1-5H3,(H,24,30)(H,25,26). The van der Waals surface area contributed by atoms with E-state index in [9.17, 15) is 4.79 Å². The number of aromatic nitrogens is 4. The van der Waals surface area contributed by atoms with E-state index < -0.39 is 0 Å². The van der Waals surface area contributed by atoms with Crippen LogP contribution in [-0.4, -0.2) is 58.9 Å². The van der Waals surface area contributed by atoms with Gasteiger partial charge in [-0.2, -0.15) is 0 Å². The maximum atomic E-state index is 11.9. The van der Waals surface area contributed by atoms with Crippen LogP contribution in [0.1, 0.15) is 45.9 Å². The second kappa shape index (κ2) is 10.6. The van der Waals surface area contributed by atoms with Gasteiger partial charge in [0.05, 0.1) is 17.6 Å². The van der Waals surface area contributed by atoms with Gasteiger partial charge in [-0.15, -0.1) is 10.2 Å². The minimum Gasteiger partial charge on any atom is -0.491 e. The molecule has 3 aromatic rings. The third kappa shape index (κ3) is 6.29. The molecule has 9 heteroatoms. The van der Waals surface area contributed by atoms with E-state index in [4.69, 9.17) is 14.5 Å². The van der Waals surface area contributed by atoms with Gasteiger partial charge in [0.2, 0.25) is 11.6 Å². The molecular weight excluding hydrogens is 408 g/mol. The topological polar surface area (TPSA) is 103 Å². The van der Waals surface area contributed by atoms with E-state index in [0.717, 1.165) is 42.0 Å². The van der Waals surface area contributed by atoms with Gasteiger partial charge in [0.15, 0.2) is 5.82 Å². The van der Waals surface area contributed by atoms with Crippen LogP contribution < -0.4 is 15.4 Å². The van der Waals surface area contributed by atoms with Crippen LogP contribution in [0, 0.1) is 12.3 Å². The molecule has 0 aliphatic carbocycles. The molecule has 0 unspecified atom stereocenters. The summed E-state index contributed by atoms with van der Waals surface area (Å²) in [5.41, 5.74) is 2.42. The first-order valence-corrected chi connectivity index (χ1v) is 11.1. The van der Waals surface area contributed by atoms with Gasteiger partial charge in [-0.25, -0.2) is 4.98 Å². The molecular formula is C23H34N6O3. The zero-order valence-electron chi connectivity index (χ0n) is 19.7. The Morgan fingerprint density at radius 2 is 1.91 bits per heavy atom. The van der Waals surface area contributed by atoms with Crippen molar-refractivity contribution in [2.24, 2.45) is 5.41 Å². The smallest absolute Gasteiger partial charge is 0.220 e. The molecule has 2 aromatic heterocycles. The van der Waals surface area contributed by atoms with Gasteiger partial charge >= 0.3 is 0 Å². The van der Waals surface area contributed by atoms with Gasteiger partial charge in [0.1, 0.15) is 18.2 Å². The number of nitrogens with zero attached hydrogens (tertiary/aromatic N) is 4. The van der Waals surface area contributed by atoms with Crippen LogP contribution in [0.25, 0.3) is 16.7 Å². The maximum Gasteiger partial charge on any atom is 0.220 e. The molecule has 0 bridgehead atoms. The predicted octanol–water partition coefficient (Wildman–Crippen LogP) is 3.36. The molecule has 1 aromatic carbocycles. The highest BCUT2D eigenvalue weighted by atomic mass is 16.5. The Morgan fingerprint density at radius 1 is 1.12 bits per heavy atom. The number of carbonyl (C=O) groups is 1. The number of rotatable bonds is 11. The molecule has 0 atom stereocenters. The summed E-state index contributed by atoms with van der Waals surface area (Å²) in [7, 11) is 1.65. The number of ether oxygens (including phenoxy) is 2. The number of amides is 1. The van der Waals surface area contributed by atoms with Crippen LogP contribution in [0.2, 0.25) is 0 Å². The number of aryl methyl sites for hydroxylation is 1. The first-order valence-electron chi connectivity index (χ1n) is 11.1. The third-order valence-corrected chi connectivity index (χ3v) is 4.92. The monoisotopic (exact) mass is 442 g/mol.